The lowest BCUT2D eigenvalue weighted by Gasteiger charge is -2.15. The molecule has 2 aromatic rings. The van der Waals surface area contributed by atoms with E-state index in [4.69, 9.17) is 18.9 Å². The topological polar surface area (TPSA) is 114 Å². The van der Waals surface area contributed by atoms with Crippen molar-refractivity contribution in [2.45, 2.75) is 27.4 Å². The summed E-state index contributed by atoms with van der Waals surface area (Å²) in [5, 5.41) is 10.8. The van der Waals surface area contributed by atoms with Crippen molar-refractivity contribution in [1.29, 1.82) is 0 Å². The Labute approximate surface area is 205 Å². The van der Waals surface area contributed by atoms with Crippen molar-refractivity contribution in [2.75, 3.05) is 19.8 Å². The van der Waals surface area contributed by atoms with E-state index in [1.54, 1.807) is 38.1 Å². The number of carbonyl (C=O) groups is 2. The van der Waals surface area contributed by atoms with Crippen LogP contribution in [0.4, 0.5) is 5.69 Å². The Hall–Kier alpha value is -3.15. The van der Waals surface area contributed by atoms with Gasteiger partial charge in [-0.2, -0.15) is 0 Å². The molecule has 10 heteroatoms. The lowest BCUT2D eigenvalue weighted by molar-refractivity contribution is -0.384. The summed E-state index contributed by atoms with van der Waals surface area (Å²) < 4.78 is 22.3. The molecule has 0 heterocycles. The van der Waals surface area contributed by atoms with Gasteiger partial charge >= 0.3 is 11.9 Å². The van der Waals surface area contributed by atoms with Gasteiger partial charge in [0.15, 0.2) is 11.5 Å². The minimum atomic E-state index is -0.776. The largest absolute Gasteiger partial charge is 0.490 e. The zero-order valence-corrected chi connectivity index (χ0v) is 20.6. The van der Waals surface area contributed by atoms with Crippen LogP contribution < -0.4 is 9.47 Å². The van der Waals surface area contributed by atoms with Crippen LogP contribution in [0.2, 0.25) is 0 Å². The molecular weight excluding hydrogens is 545 g/mol. The SMILES string of the molecule is CCOC(=O)C(=Cc1cc(I)c(OCc2ccc([N+](=O)[O-])cc2)c(OCC)c1)C(=O)OCC. The van der Waals surface area contributed by atoms with Crippen molar-refractivity contribution in [1.82, 2.24) is 0 Å². The molecule has 9 nitrogen and oxygen atoms in total. The van der Waals surface area contributed by atoms with Crippen LogP contribution in [0, 0.1) is 13.7 Å². The molecule has 176 valence electrons. The van der Waals surface area contributed by atoms with E-state index < -0.39 is 16.9 Å². The highest BCUT2D eigenvalue weighted by molar-refractivity contribution is 14.1. The fraction of sp³-hybridized carbons (Fsp3) is 0.304. The monoisotopic (exact) mass is 569 g/mol. The molecule has 0 atom stereocenters. The van der Waals surface area contributed by atoms with E-state index in [9.17, 15) is 19.7 Å². The zero-order valence-electron chi connectivity index (χ0n) is 18.5. The highest BCUT2D eigenvalue weighted by atomic mass is 127. The second-order valence-electron chi connectivity index (χ2n) is 6.47. The van der Waals surface area contributed by atoms with Crippen LogP contribution in [0.3, 0.4) is 0 Å². The number of hydrogen-bond donors (Lipinski definition) is 0. The third-order valence-corrected chi connectivity index (χ3v) is 4.97. The molecule has 0 aliphatic carbocycles. The first-order valence-electron chi connectivity index (χ1n) is 10.2. The van der Waals surface area contributed by atoms with Crippen molar-refractivity contribution in [3.63, 3.8) is 0 Å². The molecule has 0 amide bonds. The molecule has 0 unspecified atom stereocenters. The minimum absolute atomic E-state index is 0.00141. The number of halogens is 1. The smallest absolute Gasteiger partial charge is 0.345 e. The molecule has 2 rings (SSSR count). The predicted octanol–water partition coefficient (Wildman–Crippen LogP) is 4.69. The summed E-state index contributed by atoms with van der Waals surface area (Å²) in [6.45, 7) is 5.87. The molecule has 0 fully saturated rings. The Morgan fingerprint density at radius 3 is 2.09 bits per heavy atom. The second kappa shape index (κ2) is 12.8. The van der Waals surface area contributed by atoms with Gasteiger partial charge in [-0.1, -0.05) is 0 Å². The summed E-state index contributed by atoms with van der Waals surface area (Å²) in [5.41, 5.74) is 1.05. The number of hydrogen-bond acceptors (Lipinski definition) is 8. The molecule has 0 aromatic heterocycles. The molecule has 0 N–H and O–H groups in total. The first kappa shape index (κ1) is 26.1. The summed E-state index contributed by atoms with van der Waals surface area (Å²) >= 11 is 2.07. The van der Waals surface area contributed by atoms with Gasteiger partial charge in [0, 0.05) is 12.1 Å². The molecule has 0 aliphatic heterocycles. The Morgan fingerprint density at radius 1 is 0.970 bits per heavy atom. The first-order chi connectivity index (χ1) is 15.8. The molecule has 0 radical (unpaired) electrons. The van der Waals surface area contributed by atoms with Crippen LogP contribution in [0.5, 0.6) is 11.5 Å². The number of ether oxygens (including phenoxy) is 4. The van der Waals surface area contributed by atoms with E-state index in [1.165, 1.54) is 18.2 Å². The van der Waals surface area contributed by atoms with Gasteiger partial charge in [-0.3, -0.25) is 10.1 Å². The summed E-state index contributed by atoms with van der Waals surface area (Å²) in [4.78, 5) is 34.9. The van der Waals surface area contributed by atoms with E-state index in [0.717, 1.165) is 5.56 Å². The van der Waals surface area contributed by atoms with E-state index >= 15 is 0 Å². The molecule has 2 aromatic carbocycles. The van der Waals surface area contributed by atoms with Crippen molar-refractivity contribution in [3.05, 3.63) is 66.8 Å². The van der Waals surface area contributed by atoms with E-state index in [1.807, 2.05) is 6.92 Å². The standard InChI is InChI=1S/C23H24INO8/c1-4-30-20-13-16(11-18(22(26)31-5-2)23(27)32-6-3)12-19(24)21(20)33-14-15-7-9-17(10-8-15)25(28)29/h7-13H,4-6,14H2,1-3H3. The van der Waals surface area contributed by atoms with Crippen molar-refractivity contribution >= 4 is 46.3 Å². The van der Waals surface area contributed by atoms with Crippen LogP contribution in [0.1, 0.15) is 31.9 Å². The van der Waals surface area contributed by atoms with Gasteiger partial charge in [-0.15, -0.1) is 0 Å². The number of carbonyl (C=O) groups excluding carboxylic acids is 2. The van der Waals surface area contributed by atoms with Crippen molar-refractivity contribution in [2.24, 2.45) is 0 Å². The number of non-ortho nitro benzene ring substituents is 1. The number of nitrogens with zero attached hydrogens (tertiary/aromatic N) is 1. The summed E-state index contributed by atoms with van der Waals surface area (Å²) in [5.74, 6) is -0.656. The van der Waals surface area contributed by atoms with Gasteiger partial charge in [-0.25, -0.2) is 9.59 Å². The first-order valence-corrected chi connectivity index (χ1v) is 11.3. The highest BCUT2D eigenvalue weighted by Gasteiger charge is 2.22. The highest BCUT2D eigenvalue weighted by Crippen LogP contribution is 2.35. The number of benzene rings is 2. The van der Waals surface area contributed by atoms with Gasteiger partial charge in [0.1, 0.15) is 12.2 Å². The molecule has 33 heavy (non-hydrogen) atoms. The van der Waals surface area contributed by atoms with E-state index in [-0.39, 0.29) is 31.1 Å². The predicted molar refractivity (Wildman–Crippen MR) is 129 cm³/mol. The van der Waals surface area contributed by atoms with Crippen LogP contribution >= 0.6 is 22.6 Å². The minimum Gasteiger partial charge on any atom is -0.490 e. The third-order valence-electron chi connectivity index (χ3n) is 4.16. The lowest BCUT2D eigenvalue weighted by Crippen LogP contribution is -2.18. The van der Waals surface area contributed by atoms with Crippen LogP contribution in [0.15, 0.2) is 42.0 Å². The quantitative estimate of drug-likeness (QED) is 0.0729. The van der Waals surface area contributed by atoms with Crippen molar-refractivity contribution < 1.29 is 33.5 Å². The fourth-order valence-corrected chi connectivity index (χ4v) is 3.51. The molecule has 0 saturated carbocycles. The number of nitro benzene ring substituents is 1. The lowest BCUT2D eigenvalue weighted by atomic mass is 10.1. The Kier molecular flexibility index (Phi) is 10.1. The van der Waals surface area contributed by atoms with Gasteiger partial charge in [-0.05, 0) is 84.8 Å². The number of rotatable bonds is 11. The summed E-state index contributed by atoms with van der Waals surface area (Å²) in [6.07, 6.45) is 1.39. The van der Waals surface area contributed by atoms with Gasteiger partial charge in [0.25, 0.3) is 5.69 Å². The molecule has 0 spiro atoms. The third kappa shape index (κ3) is 7.45. The normalized spacial score (nSPS) is 10.2. The maximum Gasteiger partial charge on any atom is 0.345 e. The maximum absolute atomic E-state index is 12.3. The number of esters is 2. The average molecular weight is 569 g/mol. The van der Waals surface area contributed by atoms with E-state index in [0.29, 0.717) is 27.2 Å². The molecular formula is C23H24INO8. The van der Waals surface area contributed by atoms with Crippen LogP contribution in [-0.2, 0) is 25.7 Å². The molecule has 0 aliphatic rings. The van der Waals surface area contributed by atoms with E-state index in [2.05, 4.69) is 22.6 Å². The van der Waals surface area contributed by atoms with Gasteiger partial charge < -0.3 is 18.9 Å². The van der Waals surface area contributed by atoms with Crippen LogP contribution in [0.25, 0.3) is 6.08 Å². The Balaban J connectivity index is 2.35. The van der Waals surface area contributed by atoms with Crippen molar-refractivity contribution in [3.8, 4) is 11.5 Å². The van der Waals surface area contributed by atoms with Gasteiger partial charge in [0.2, 0.25) is 0 Å². The zero-order chi connectivity index (χ0) is 24.4. The Bertz CT molecular complexity index is 1010. The van der Waals surface area contributed by atoms with Crippen LogP contribution in [-0.4, -0.2) is 36.7 Å². The second-order valence-corrected chi connectivity index (χ2v) is 7.64. The maximum atomic E-state index is 12.3. The van der Waals surface area contributed by atoms with Gasteiger partial charge in [0.05, 0.1) is 28.3 Å². The fourth-order valence-electron chi connectivity index (χ4n) is 2.73. The average Bonchev–Trinajstić information content (AvgIpc) is 2.77. The molecule has 0 bridgehead atoms. The number of nitro groups is 1. The Morgan fingerprint density at radius 2 is 1.58 bits per heavy atom. The molecule has 0 saturated heterocycles. The summed E-state index contributed by atoms with van der Waals surface area (Å²) in [6, 6.07) is 9.43. The summed E-state index contributed by atoms with van der Waals surface area (Å²) in [7, 11) is 0.